The second kappa shape index (κ2) is 5.49. The third-order valence-corrected chi connectivity index (χ3v) is 4.35. The molecule has 0 unspecified atom stereocenters. The van der Waals surface area contributed by atoms with Crippen LogP contribution in [0.5, 0.6) is 0 Å². The fourth-order valence-electron chi connectivity index (χ4n) is 2.83. The van der Waals surface area contributed by atoms with Crippen molar-refractivity contribution in [3.8, 4) is 0 Å². The number of aromatic nitrogens is 2. The molecule has 0 saturated carbocycles. The summed E-state index contributed by atoms with van der Waals surface area (Å²) in [5.74, 6) is 0.511. The van der Waals surface area contributed by atoms with Gasteiger partial charge in [-0.05, 0) is 18.9 Å². The molecule has 118 valence electrons. The smallest absolute Gasteiger partial charge is 0.253 e. The summed E-state index contributed by atoms with van der Waals surface area (Å²) >= 11 is 0. The van der Waals surface area contributed by atoms with Crippen LogP contribution >= 0.6 is 0 Å². The maximum atomic E-state index is 12.3. The highest BCUT2D eigenvalue weighted by Crippen LogP contribution is 2.22. The van der Waals surface area contributed by atoms with Crippen molar-refractivity contribution in [3.63, 3.8) is 0 Å². The number of hydrogen-bond donors (Lipinski definition) is 2. The third kappa shape index (κ3) is 2.58. The van der Waals surface area contributed by atoms with Crippen LogP contribution in [0.25, 0.3) is 10.9 Å². The van der Waals surface area contributed by atoms with E-state index in [2.05, 4.69) is 25.5 Å². The van der Waals surface area contributed by atoms with Crippen molar-refractivity contribution in [1.29, 1.82) is 0 Å². The van der Waals surface area contributed by atoms with Gasteiger partial charge in [0.25, 0.3) is 5.91 Å². The molecule has 7 nitrogen and oxygen atoms in total. The van der Waals surface area contributed by atoms with Crippen LogP contribution in [-0.2, 0) is 4.79 Å². The van der Waals surface area contributed by atoms with Gasteiger partial charge in [0.2, 0.25) is 5.91 Å². The molecule has 2 saturated heterocycles. The number of carbonyl (C=O) groups excluding carboxylic acids is 2. The highest BCUT2D eigenvalue weighted by atomic mass is 16.2. The molecule has 0 aromatic carbocycles. The van der Waals surface area contributed by atoms with E-state index in [9.17, 15) is 9.59 Å². The van der Waals surface area contributed by atoms with Crippen LogP contribution in [0.2, 0.25) is 0 Å². The Balaban J connectivity index is 1.56. The second-order valence-electron chi connectivity index (χ2n) is 5.91. The van der Waals surface area contributed by atoms with Gasteiger partial charge in [-0.25, -0.2) is 4.98 Å². The van der Waals surface area contributed by atoms with Gasteiger partial charge in [-0.2, -0.15) is 0 Å². The van der Waals surface area contributed by atoms with Gasteiger partial charge in [0.05, 0.1) is 11.1 Å². The van der Waals surface area contributed by atoms with E-state index in [1.54, 1.807) is 18.5 Å². The van der Waals surface area contributed by atoms with Crippen LogP contribution in [0.4, 0.5) is 5.82 Å². The SMILES string of the molecule is O=C(N[C@H]1CCNC1=O)c1cnc2cc(N3CCC3)ncc2c1. The summed E-state index contributed by atoms with van der Waals surface area (Å²) in [6.45, 7) is 2.66. The Morgan fingerprint density at radius 1 is 1.26 bits per heavy atom. The van der Waals surface area contributed by atoms with Crippen LogP contribution in [0, 0.1) is 0 Å². The number of nitrogens with zero attached hydrogens (tertiary/aromatic N) is 3. The van der Waals surface area contributed by atoms with Gasteiger partial charge in [-0.15, -0.1) is 0 Å². The first-order valence-corrected chi connectivity index (χ1v) is 7.80. The van der Waals surface area contributed by atoms with E-state index in [0.717, 1.165) is 29.8 Å². The Morgan fingerprint density at radius 3 is 2.83 bits per heavy atom. The zero-order chi connectivity index (χ0) is 15.8. The summed E-state index contributed by atoms with van der Waals surface area (Å²) in [4.78, 5) is 34.8. The van der Waals surface area contributed by atoms with Gasteiger partial charge in [-0.1, -0.05) is 0 Å². The molecular formula is C16H17N5O2. The van der Waals surface area contributed by atoms with Gasteiger partial charge in [0.1, 0.15) is 11.9 Å². The monoisotopic (exact) mass is 311 g/mol. The molecule has 2 amide bonds. The average Bonchev–Trinajstić information content (AvgIpc) is 2.90. The predicted molar refractivity (Wildman–Crippen MR) is 85.2 cm³/mol. The topological polar surface area (TPSA) is 87.2 Å². The van der Waals surface area contributed by atoms with Crippen molar-refractivity contribution in [2.24, 2.45) is 0 Å². The molecule has 0 aliphatic carbocycles. The molecule has 4 rings (SSSR count). The van der Waals surface area contributed by atoms with Crippen LogP contribution < -0.4 is 15.5 Å². The van der Waals surface area contributed by atoms with Crippen molar-refractivity contribution in [3.05, 3.63) is 30.1 Å². The maximum Gasteiger partial charge on any atom is 0.253 e. The van der Waals surface area contributed by atoms with Crippen molar-refractivity contribution < 1.29 is 9.59 Å². The highest BCUT2D eigenvalue weighted by Gasteiger charge is 2.26. The summed E-state index contributed by atoms with van der Waals surface area (Å²) in [5, 5.41) is 6.26. The Hall–Kier alpha value is -2.70. The Bertz CT molecular complexity index is 787. The van der Waals surface area contributed by atoms with Crippen LogP contribution in [0.1, 0.15) is 23.2 Å². The number of amides is 2. The van der Waals surface area contributed by atoms with E-state index in [-0.39, 0.29) is 11.8 Å². The molecule has 2 aromatic rings. The minimum atomic E-state index is -0.454. The van der Waals surface area contributed by atoms with E-state index in [4.69, 9.17) is 0 Å². The van der Waals surface area contributed by atoms with Gasteiger partial charge in [0, 0.05) is 43.5 Å². The summed E-state index contributed by atoms with van der Waals surface area (Å²) in [6, 6.07) is 3.25. The van der Waals surface area contributed by atoms with E-state index in [0.29, 0.717) is 18.5 Å². The van der Waals surface area contributed by atoms with E-state index in [1.807, 2.05) is 6.07 Å². The molecule has 2 aromatic heterocycles. The predicted octanol–water partition coefficient (Wildman–Crippen LogP) is 0.458. The maximum absolute atomic E-state index is 12.3. The first-order chi connectivity index (χ1) is 11.2. The van der Waals surface area contributed by atoms with Crippen molar-refractivity contribution >= 4 is 28.5 Å². The van der Waals surface area contributed by atoms with Gasteiger partial charge < -0.3 is 15.5 Å². The van der Waals surface area contributed by atoms with E-state index >= 15 is 0 Å². The Kier molecular flexibility index (Phi) is 3.33. The summed E-state index contributed by atoms with van der Waals surface area (Å²) in [6.07, 6.45) is 5.10. The molecule has 2 N–H and O–H groups in total. The number of hydrogen-bond acceptors (Lipinski definition) is 5. The molecule has 2 aliphatic rings. The fourth-order valence-corrected chi connectivity index (χ4v) is 2.83. The molecule has 0 bridgehead atoms. The zero-order valence-electron chi connectivity index (χ0n) is 12.6. The Morgan fingerprint density at radius 2 is 2.13 bits per heavy atom. The third-order valence-electron chi connectivity index (χ3n) is 4.35. The van der Waals surface area contributed by atoms with Crippen molar-refractivity contribution in [1.82, 2.24) is 20.6 Å². The number of fused-ring (bicyclic) bond motifs is 1. The first-order valence-electron chi connectivity index (χ1n) is 7.80. The average molecular weight is 311 g/mol. The molecule has 0 spiro atoms. The summed E-state index contributed by atoms with van der Waals surface area (Å²) < 4.78 is 0. The summed E-state index contributed by atoms with van der Waals surface area (Å²) in [7, 11) is 0. The number of anilines is 1. The molecule has 0 radical (unpaired) electrons. The largest absolute Gasteiger partial charge is 0.356 e. The normalized spacial score (nSPS) is 20.3. The van der Waals surface area contributed by atoms with Crippen LogP contribution in [0.3, 0.4) is 0 Å². The molecular weight excluding hydrogens is 294 g/mol. The number of carbonyl (C=O) groups is 2. The molecule has 23 heavy (non-hydrogen) atoms. The van der Waals surface area contributed by atoms with E-state index < -0.39 is 6.04 Å². The summed E-state index contributed by atoms with van der Waals surface area (Å²) in [5.41, 5.74) is 1.26. The number of pyridine rings is 2. The lowest BCUT2D eigenvalue weighted by Crippen LogP contribution is -2.40. The van der Waals surface area contributed by atoms with Crippen molar-refractivity contribution in [2.75, 3.05) is 24.5 Å². The van der Waals surface area contributed by atoms with Crippen LogP contribution in [0.15, 0.2) is 24.5 Å². The molecule has 7 heteroatoms. The quantitative estimate of drug-likeness (QED) is 0.860. The minimum Gasteiger partial charge on any atom is -0.356 e. The second-order valence-corrected chi connectivity index (χ2v) is 5.91. The van der Waals surface area contributed by atoms with Gasteiger partial charge >= 0.3 is 0 Å². The molecule has 2 aliphatic heterocycles. The van der Waals surface area contributed by atoms with Gasteiger partial charge in [-0.3, -0.25) is 14.6 Å². The molecule has 1 atom stereocenters. The molecule has 4 heterocycles. The van der Waals surface area contributed by atoms with Crippen molar-refractivity contribution in [2.45, 2.75) is 18.9 Å². The number of rotatable bonds is 3. The van der Waals surface area contributed by atoms with Crippen LogP contribution in [-0.4, -0.2) is 47.5 Å². The fraction of sp³-hybridized carbons (Fsp3) is 0.375. The number of nitrogens with one attached hydrogen (secondary N) is 2. The zero-order valence-corrected chi connectivity index (χ0v) is 12.6. The lowest BCUT2D eigenvalue weighted by Gasteiger charge is -2.31. The van der Waals surface area contributed by atoms with Gasteiger partial charge in [0.15, 0.2) is 0 Å². The first kappa shape index (κ1) is 13.9. The van der Waals surface area contributed by atoms with E-state index in [1.165, 1.54) is 6.42 Å². The lowest BCUT2D eigenvalue weighted by atomic mass is 10.1. The minimum absolute atomic E-state index is 0.132. The standard InChI is InChI=1S/C16H17N5O2/c22-15(20-12-2-3-17-16(12)23)11-6-10-8-19-14(21-4-1-5-21)7-13(10)18-9-11/h6-9,12H,1-5H2,(H,17,23)(H,20,22)/t12-/m0/s1. The molecule has 2 fully saturated rings. The highest BCUT2D eigenvalue weighted by molar-refractivity contribution is 6.00. The lowest BCUT2D eigenvalue weighted by molar-refractivity contribution is -0.120. The Labute approximate surface area is 133 Å².